The number of aromatic nitrogens is 3. The molecule has 3 aromatic heterocycles. The lowest BCUT2D eigenvalue weighted by atomic mass is 10.0. The van der Waals surface area contributed by atoms with E-state index in [2.05, 4.69) is 27.2 Å². The van der Waals surface area contributed by atoms with Crippen molar-refractivity contribution < 1.29 is 4.79 Å². The van der Waals surface area contributed by atoms with Crippen LogP contribution in [0.5, 0.6) is 0 Å². The molecule has 0 saturated carbocycles. The van der Waals surface area contributed by atoms with Gasteiger partial charge in [0.2, 0.25) is 6.41 Å². The summed E-state index contributed by atoms with van der Waals surface area (Å²) < 4.78 is 0. The smallest absolute Gasteiger partial charge is 0.212 e. The van der Waals surface area contributed by atoms with E-state index in [-0.39, 0.29) is 0 Å². The molecule has 0 unspecified atom stereocenters. The van der Waals surface area contributed by atoms with E-state index in [0.29, 0.717) is 18.0 Å². The molecule has 0 aromatic carbocycles. The first kappa shape index (κ1) is 13.9. The van der Waals surface area contributed by atoms with Crippen molar-refractivity contribution in [2.75, 3.05) is 11.1 Å². The van der Waals surface area contributed by atoms with Crippen LogP contribution in [0.4, 0.5) is 11.6 Å². The van der Waals surface area contributed by atoms with Crippen molar-refractivity contribution in [3.63, 3.8) is 0 Å². The van der Waals surface area contributed by atoms with Crippen molar-refractivity contribution in [2.24, 2.45) is 0 Å². The maximum atomic E-state index is 10.6. The molecule has 110 valence electrons. The Hall–Kier alpha value is -3.02. The Kier molecular flexibility index (Phi) is 3.65. The number of nitrogens with one attached hydrogen (secondary N) is 1. The zero-order valence-electron chi connectivity index (χ0n) is 12.1. The van der Waals surface area contributed by atoms with E-state index >= 15 is 0 Å². The molecule has 3 rings (SSSR count). The van der Waals surface area contributed by atoms with Crippen molar-refractivity contribution >= 4 is 28.8 Å². The predicted molar refractivity (Wildman–Crippen MR) is 86.2 cm³/mol. The zero-order valence-corrected chi connectivity index (χ0v) is 12.1. The fourth-order valence-electron chi connectivity index (χ4n) is 2.41. The fraction of sp³-hybridized carbons (Fsp3) is 0.125. The largest absolute Gasteiger partial charge is 0.383 e. The molecular formula is C16H15N5O. The molecule has 0 saturated heterocycles. The summed E-state index contributed by atoms with van der Waals surface area (Å²) >= 11 is 0. The summed E-state index contributed by atoms with van der Waals surface area (Å²) in [7, 11) is 0. The summed E-state index contributed by atoms with van der Waals surface area (Å²) in [6.07, 6.45) is 6.64. The Balaban J connectivity index is 2.20. The second-order valence-corrected chi connectivity index (χ2v) is 4.83. The summed E-state index contributed by atoms with van der Waals surface area (Å²) in [6.45, 7) is 2.08. The number of anilines is 2. The highest BCUT2D eigenvalue weighted by molar-refractivity contribution is 5.95. The summed E-state index contributed by atoms with van der Waals surface area (Å²) in [4.78, 5) is 23.3. The molecule has 0 aliphatic rings. The average molecular weight is 293 g/mol. The number of fused-ring (bicyclic) bond motifs is 1. The molecule has 1 amide bonds. The molecular weight excluding hydrogens is 278 g/mol. The van der Waals surface area contributed by atoms with Crippen LogP contribution in [0.25, 0.3) is 22.0 Å². The van der Waals surface area contributed by atoms with E-state index in [1.807, 2.05) is 12.1 Å². The minimum absolute atomic E-state index is 0.406. The van der Waals surface area contributed by atoms with Gasteiger partial charge in [-0.2, -0.15) is 0 Å². The molecule has 0 fully saturated rings. The molecule has 0 aliphatic heterocycles. The highest BCUT2D eigenvalue weighted by atomic mass is 16.1. The first-order valence-electron chi connectivity index (χ1n) is 6.92. The first-order valence-corrected chi connectivity index (χ1v) is 6.92. The minimum Gasteiger partial charge on any atom is -0.383 e. The molecule has 0 aliphatic carbocycles. The van der Waals surface area contributed by atoms with Crippen LogP contribution in [0.3, 0.4) is 0 Å². The van der Waals surface area contributed by atoms with E-state index < -0.39 is 0 Å². The zero-order chi connectivity index (χ0) is 15.5. The first-order chi connectivity index (χ1) is 10.7. The van der Waals surface area contributed by atoms with Crippen LogP contribution >= 0.6 is 0 Å². The topological polar surface area (TPSA) is 93.8 Å². The van der Waals surface area contributed by atoms with Gasteiger partial charge >= 0.3 is 0 Å². The average Bonchev–Trinajstić information content (AvgIpc) is 2.54. The molecule has 0 radical (unpaired) electrons. The molecule has 0 spiro atoms. The number of nitrogens with zero attached hydrogens (tertiary/aromatic N) is 3. The van der Waals surface area contributed by atoms with E-state index in [0.717, 1.165) is 34.0 Å². The summed E-state index contributed by atoms with van der Waals surface area (Å²) in [5.41, 5.74) is 8.92. The third kappa shape index (κ3) is 2.46. The number of carbonyl (C=O) groups excluding carboxylic acids is 1. The van der Waals surface area contributed by atoms with Crippen molar-refractivity contribution in [3.8, 4) is 11.3 Å². The van der Waals surface area contributed by atoms with Crippen LogP contribution in [0.1, 0.15) is 12.5 Å². The van der Waals surface area contributed by atoms with Gasteiger partial charge in [-0.05, 0) is 35.6 Å². The number of amides is 1. The summed E-state index contributed by atoms with van der Waals surface area (Å²) in [5.74, 6) is 0.879. The molecule has 3 heterocycles. The Bertz CT molecular complexity index is 847. The predicted octanol–water partition coefficient (Wildman–Crippen LogP) is 2.40. The quantitative estimate of drug-likeness (QED) is 0.720. The highest BCUT2D eigenvalue weighted by Crippen LogP contribution is 2.28. The van der Waals surface area contributed by atoms with Crippen LogP contribution < -0.4 is 11.1 Å². The van der Waals surface area contributed by atoms with Crippen molar-refractivity contribution in [3.05, 3.63) is 42.4 Å². The van der Waals surface area contributed by atoms with Crippen molar-refractivity contribution in [1.29, 1.82) is 0 Å². The van der Waals surface area contributed by atoms with Crippen molar-refractivity contribution in [2.45, 2.75) is 13.3 Å². The third-order valence-electron chi connectivity index (χ3n) is 3.52. The van der Waals surface area contributed by atoms with Gasteiger partial charge in [0.15, 0.2) is 0 Å². The number of aryl methyl sites for hydroxylation is 1. The van der Waals surface area contributed by atoms with Crippen LogP contribution in [0.15, 0.2) is 36.8 Å². The fourth-order valence-corrected chi connectivity index (χ4v) is 2.41. The number of pyridine rings is 3. The van der Waals surface area contributed by atoms with Crippen LogP contribution in [0.2, 0.25) is 0 Å². The van der Waals surface area contributed by atoms with Crippen molar-refractivity contribution in [1.82, 2.24) is 15.0 Å². The summed E-state index contributed by atoms with van der Waals surface area (Å²) in [5, 5.41) is 4.16. The van der Waals surface area contributed by atoms with Gasteiger partial charge in [-0.15, -0.1) is 0 Å². The van der Waals surface area contributed by atoms with Gasteiger partial charge in [-0.3, -0.25) is 9.78 Å². The highest BCUT2D eigenvalue weighted by Gasteiger charge is 2.10. The van der Waals surface area contributed by atoms with Gasteiger partial charge in [0.25, 0.3) is 0 Å². The van der Waals surface area contributed by atoms with E-state index in [4.69, 9.17) is 5.73 Å². The summed E-state index contributed by atoms with van der Waals surface area (Å²) in [6, 6.07) is 5.68. The SMILES string of the molecule is CCc1ccncc1-c1cc2cc(NC=O)ncc2c(N)n1. The lowest BCUT2D eigenvalue weighted by Gasteiger charge is -2.10. The Morgan fingerprint density at radius 3 is 2.95 bits per heavy atom. The Morgan fingerprint density at radius 2 is 2.18 bits per heavy atom. The molecule has 6 heteroatoms. The molecule has 22 heavy (non-hydrogen) atoms. The maximum Gasteiger partial charge on any atom is 0.212 e. The molecule has 0 bridgehead atoms. The molecule has 3 aromatic rings. The number of nitrogens with two attached hydrogens (primary N) is 1. The second-order valence-electron chi connectivity index (χ2n) is 4.83. The van der Waals surface area contributed by atoms with E-state index in [9.17, 15) is 4.79 Å². The van der Waals surface area contributed by atoms with Gasteiger partial charge in [0.1, 0.15) is 11.6 Å². The molecule has 0 atom stereocenters. The van der Waals surface area contributed by atoms with Crippen LogP contribution in [-0.2, 0) is 11.2 Å². The van der Waals surface area contributed by atoms with Gasteiger partial charge in [0, 0.05) is 29.5 Å². The number of rotatable bonds is 4. The maximum absolute atomic E-state index is 10.6. The number of hydrogen-bond acceptors (Lipinski definition) is 5. The number of nitrogen functional groups attached to an aromatic ring is 1. The molecule has 6 nitrogen and oxygen atoms in total. The van der Waals surface area contributed by atoms with Crippen LogP contribution in [0, 0.1) is 0 Å². The number of carbonyl (C=O) groups is 1. The lowest BCUT2D eigenvalue weighted by Crippen LogP contribution is -2.00. The third-order valence-corrected chi connectivity index (χ3v) is 3.52. The normalized spacial score (nSPS) is 10.6. The van der Waals surface area contributed by atoms with Crippen LogP contribution in [-0.4, -0.2) is 21.4 Å². The van der Waals surface area contributed by atoms with Gasteiger partial charge in [0.05, 0.1) is 5.69 Å². The van der Waals surface area contributed by atoms with Gasteiger partial charge in [-0.1, -0.05) is 6.92 Å². The van der Waals surface area contributed by atoms with E-state index in [1.165, 1.54) is 0 Å². The lowest BCUT2D eigenvalue weighted by molar-refractivity contribution is -0.105. The molecule has 3 N–H and O–H groups in total. The van der Waals surface area contributed by atoms with Gasteiger partial charge in [-0.25, -0.2) is 9.97 Å². The minimum atomic E-state index is 0.406. The monoisotopic (exact) mass is 293 g/mol. The standard InChI is InChI=1S/C16H15N5O/c1-2-10-3-4-18-7-12(10)14-5-11-6-15(20-9-22)19-8-13(11)16(17)21-14/h3-9H,2H2,1H3,(H2,17,21)(H,19,20,22). The Morgan fingerprint density at radius 1 is 1.32 bits per heavy atom. The van der Waals surface area contributed by atoms with E-state index in [1.54, 1.807) is 24.7 Å². The second kappa shape index (κ2) is 5.77. The Labute approximate surface area is 127 Å². The number of hydrogen-bond donors (Lipinski definition) is 2. The van der Waals surface area contributed by atoms with Gasteiger partial charge < -0.3 is 11.1 Å².